The molecule has 0 amide bonds. The summed E-state index contributed by atoms with van der Waals surface area (Å²) in [6.45, 7) is 0. The molecule has 0 aliphatic heterocycles. The second kappa shape index (κ2) is 3.94. The molecule has 1 radical (unpaired) electrons. The highest BCUT2D eigenvalue weighted by Gasteiger charge is 2.20. The molecule has 2 heteroatoms. The molecular weight excluding hydrogens is 128 g/mol. The molecule has 1 aliphatic rings. The van der Waals surface area contributed by atoms with Gasteiger partial charge in [0, 0.05) is 14.2 Å². The minimum absolute atomic E-state index is 0.471. The van der Waals surface area contributed by atoms with Gasteiger partial charge in [0.2, 0.25) is 0 Å². The molecule has 2 nitrogen and oxygen atoms in total. The normalized spacial score (nSPS) is 23.4. The summed E-state index contributed by atoms with van der Waals surface area (Å²) in [6.07, 6.45) is 6.11. The number of ether oxygens (including phenoxy) is 2. The molecule has 0 heterocycles. The minimum atomic E-state index is 0.471. The fourth-order valence-corrected chi connectivity index (χ4v) is 1.35. The van der Waals surface area contributed by atoms with Crippen molar-refractivity contribution in [3.05, 3.63) is 6.10 Å². The third-order valence-corrected chi connectivity index (χ3v) is 2.11. The topological polar surface area (TPSA) is 18.5 Å². The fourth-order valence-electron chi connectivity index (χ4n) is 1.35. The Morgan fingerprint density at radius 2 is 1.80 bits per heavy atom. The molecule has 1 saturated carbocycles. The molecule has 1 fully saturated rings. The fraction of sp³-hybridized carbons (Fsp3) is 0.875. The van der Waals surface area contributed by atoms with E-state index in [9.17, 15) is 0 Å². The number of rotatable bonds is 2. The van der Waals surface area contributed by atoms with Crippen LogP contribution in [0.5, 0.6) is 0 Å². The Bertz CT molecular complexity index is 73.3. The van der Waals surface area contributed by atoms with Gasteiger partial charge in [-0.15, -0.1) is 0 Å². The van der Waals surface area contributed by atoms with Crippen LogP contribution in [0.4, 0.5) is 0 Å². The molecule has 0 saturated heterocycles. The van der Waals surface area contributed by atoms with Gasteiger partial charge in [-0.1, -0.05) is 0 Å². The third-order valence-electron chi connectivity index (χ3n) is 2.11. The zero-order chi connectivity index (χ0) is 7.40. The average molecular weight is 143 g/mol. The first-order chi connectivity index (χ1) is 4.86. The number of hydrogen-bond donors (Lipinski definition) is 0. The van der Waals surface area contributed by atoms with Crippen molar-refractivity contribution in [1.82, 2.24) is 0 Å². The summed E-state index contributed by atoms with van der Waals surface area (Å²) in [5.41, 5.74) is 0. The maximum atomic E-state index is 5.22. The first kappa shape index (κ1) is 8.02. The molecule has 1 rings (SSSR count). The van der Waals surface area contributed by atoms with Crippen LogP contribution in [0.1, 0.15) is 25.7 Å². The van der Waals surface area contributed by atoms with Crippen LogP contribution in [0.25, 0.3) is 0 Å². The van der Waals surface area contributed by atoms with Crippen molar-refractivity contribution in [2.24, 2.45) is 0 Å². The molecule has 0 N–H and O–H groups in total. The summed E-state index contributed by atoms with van der Waals surface area (Å²) in [4.78, 5) is 0. The summed E-state index contributed by atoms with van der Waals surface area (Å²) in [6, 6.07) is 0. The van der Waals surface area contributed by atoms with Crippen LogP contribution in [-0.4, -0.2) is 20.3 Å². The Labute approximate surface area is 62.5 Å². The standard InChI is InChI=1S/C8H15O2/c1-9-7-3-5-8(10-2)6-4-7/h7H,3-6H2,1-2H3. The van der Waals surface area contributed by atoms with Crippen LogP contribution in [0, 0.1) is 6.10 Å². The monoisotopic (exact) mass is 143 g/mol. The molecule has 0 unspecified atom stereocenters. The quantitative estimate of drug-likeness (QED) is 0.586. The van der Waals surface area contributed by atoms with Gasteiger partial charge in [0.15, 0.2) is 0 Å². The van der Waals surface area contributed by atoms with Crippen molar-refractivity contribution >= 4 is 0 Å². The molecular formula is C8H15O2. The van der Waals surface area contributed by atoms with Crippen LogP contribution in [-0.2, 0) is 9.47 Å². The minimum Gasteiger partial charge on any atom is -0.381 e. The van der Waals surface area contributed by atoms with E-state index in [0.717, 1.165) is 25.7 Å². The summed E-state index contributed by atoms with van der Waals surface area (Å²) in [7, 11) is 3.53. The average Bonchev–Trinajstić information content (AvgIpc) is 2.05. The van der Waals surface area contributed by atoms with Crippen molar-refractivity contribution < 1.29 is 9.47 Å². The van der Waals surface area contributed by atoms with Crippen LogP contribution in [0.3, 0.4) is 0 Å². The van der Waals surface area contributed by atoms with E-state index in [-0.39, 0.29) is 0 Å². The van der Waals surface area contributed by atoms with E-state index in [0.29, 0.717) is 6.10 Å². The van der Waals surface area contributed by atoms with Gasteiger partial charge in [-0.2, -0.15) is 0 Å². The second-order valence-corrected chi connectivity index (χ2v) is 2.68. The zero-order valence-electron chi connectivity index (χ0n) is 6.72. The first-order valence-corrected chi connectivity index (χ1v) is 3.78. The Hall–Kier alpha value is -0.0800. The first-order valence-electron chi connectivity index (χ1n) is 3.78. The molecule has 0 aromatic carbocycles. The lowest BCUT2D eigenvalue weighted by atomic mass is 9.95. The molecule has 0 bridgehead atoms. The molecule has 0 aromatic heterocycles. The molecule has 0 spiro atoms. The van der Waals surface area contributed by atoms with E-state index in [1.807, 2.05) is 0 Å². The third kappa shape index (κ3) is 1.96. The zero-order valence-corrected chi connectivity index (χ0v) is 6.72. The van der Waals surface area contributed by atoms with Gasteiger partial charge in [-0.05, 0) is 25.7 Å². The van der Waals surface area contributed by atoms with Crippen LogP contribution in [0.15, 0.2) is 0 Å². The van der Waals surface area contributed by atoms with E-state index in [4.69, 9.17) is 9.47 Å². The van der Waals surface area contributed by atoms with Crippen LogP contribution < -0.4 is 0 Å². The van der Waals surface area contributed by atoms with Crippen LogP contribution in [0.2, 0.25) is 0 Å². The van der Waals surface area contributed by atoms with Gasteiger partial charge in [-0.25, -0.2) is 0 Å². The van der Waals surface area contributed by atoms with Gasteiger partial charge >= 0.3 is 0 Å². The summed E-state index contributed by atoms with van der Waals surface area (Å²) in [5.74, 6) is 0. The molecule has 0 aromatic rings. The summed E-state index contributed by atoms with van der Waals surface area (Å²) >= 11 is 0. The predicted molar refractivity (Wildman–Crippen MR) is 39.5 cm³/mol. The Balaban J connectivity index is 2.17. The Kier molecular flexibility index (Phi) is 3.16. The van der Waals surface area contributed by atoms with Crippen molar-refractivity contribution in [1.29, 1.82) is 0 Å². The predicted octanol–water partition coefficient (Wildman–Crippen LogP) is 1.75. The second-order valence-electron chi connectivity index (χ2n) is 2.68. The number of methoxy groups -OCH3 is 2. The van der Waals surface area contributed by atoms with E-state index < -0.39 is 0 Å². The van der Waals surface area contributed by atoms with Gasteiger partial charge in [-0.3, -0.25) is 0 Å². The van der Waals surface area contributed by atoms with E-state index in [1.165, 1.54) is 6.10 Å². The summed E-state index contributed by atoms with van der Waals surface area (Å²) < 4.78 is 10.4. The van der Waals surface area contributed by atoms with Crippen molar-refractivity contribution in [3.8, 4) is 0 Å². The number of hydrogen-bond acceptors (Lipinski definition) is 2. The van der Waals surface area contributed by atoms with Crippen molar-refractivity contribution in [2.45, 2.75) is 31.8 Å². The Morgan fingerprint density at radius 3 is 2.20 bits per heavy atom. The molecule has 0 atom stereocenters. The lowest BCUT2D eigenvalue weighted by Crippen LogP contribution is -2.19. The van der Waals surface area contributed by atoms with Gasteiger partial charge in [0.05, 0.1) is 12.2 Å². The smallest absolute Gasteiger partial charge is 0.0968 e. The van der Waals surface area contributed by atoms with E-state index in [2.05, 4.69) is 0 Å². The van der Waals surface area contributed by atoms with E-state index in [1.54, 1.807) is 14.2 Å². The molecule has 10 heavy (non-hydrogen) atoms. The van der Waals surface area contributed by atoms with Crippen LogP contribution >= 0.6 is 0 Å². The summed E-state index contributed by atoms with van der Waals surface area (Å²) in [5, 5.41) is 0. The highest BCUT2D eigenvalue weighted by molar-refractivity contribution is 4.85. The maximum Gasteiger partial charge on any atom is 0.0968 e. The Morgan fingerprint density at radius 1 is 1.20 bits per heavy atom. The molecule has 59 valence electrons. The molecule has 1 aliphatic carbocycles. The van der Waals surface area contributed by atoms with E-state index >= 15 is 0 Å². The lowest BCUT2D eigenvalue weighted by molar-refractivity contribution is 0.0467. The highest BCUT2D eigenvalue weighted by atomic mass is 16.5. The van der Waals surface area contributed by atoms with Crippen molar-refractivity contribution in [3.63, 3.8) is 0 Å². The lowest BCUT2D eigenvalue weighted by Gasteiger charge is -2.25. The van der Waals surface area contributed by atoms with Crippen molar-refractivity contribution in [2.75, 3.05) is 14.2 Å². The van der Waals surface area contributed by atoms with Gasteiger partial charge < -0.3 is 9.47 Å². The van der Waals surface area contributed by atoms with Gasteiger partial charge in [0.1, 0.15) is 0 Å². The largest absolute Gasteiger partial charge is 0.381 e. The highest BCUT2D eigenvalue weighted by Crippen LogP contribution is 2.27. The maximum absolute atomic E-state index is 5.22. The SMILES string of the molecule is CO[C]1CCC(OC)CC1. The van der Waals surface area contributed by atoms with Gasteiger partial charge in [0.25, 0.3) is 0 Å².